The quantitative estimate of drug-likeness (QED) is 0.758. The average Bonchev–Trinajstić information content (AvgIpc) is 2.62. The van der Waals surface area contributed by atoms with Gasteiger partial charge in [-0.15, -0.1) is 0 Å². The highest BCUT2D eigenvalue weighted by atomic mass is 16.2. The van der Waals surface area contributed by atoms with Crippen LogP contribution in [0.25, 0.3) is 0 Å². The lowest BCUT2D eigenvalue weighted by Gasteiger charge is -2.27. The highest BCUT2D eigenvalue weighted by molar-refractivity contribution is 5.95. The van der Waals surface area contributed by atoms with Gasteiger partial charge in [-0.05, 0) is 36.9 Å². The lowest BCUT2D eigenvalue weighted by molar-refractivity contribution is 0.0724. The van der Waals surface area contributed by atoms with E-state index in [2.05, 4.69) is 30.9 Å². The van der Waals surface area contributed by atoms with Gasteiger partial charge in [0.1, 0.15) is 0 Å². The number of anilines is 1. The number of hydrogen-bond acceptors (Lipinski definition) is 3. The second kappa shape index (κ2) is 9.08. The molecule has 0 unspecified atom stereocenters. The van der Waals surface area contributed by atoms with Crippen LogP contribution in [0.15, 0.2) is 54.6 Å². The maximum atomic E-state index is 12.9. The van der Waals surface area contributed by atoms with E-state index in [4.69, 9.17) is 5.73 Å². The van der Waals surface area contributed by atoms with Gasteiger partial charge in [-0.1, -0.05) is 50.2 Å². The molecular weight excluding hydrogens is 298 g/mol. The van der Waals surface area contributed by atoms with Gasteiger partial charge in [0.05, 0.1) is 0 Å². The van der Waals surface area contributed by atoms with Gasteiger partial charge in [0.25, 0.3) is 5.91 Å². The van der Waals surface area contributed by atoms with E-state index in [0.717, 1.165) is 25.2 Å². The van der Waals surface area contributed by atoms with E-state index in [9.17, 15) is 4.79 Å². The zero-order chi connectivity index (χ0) is 17.4. The van der Waals surface area contributed by atoms with Crippen molar-refractivity contribution < 1.29 is 4.79 Å². The van der Waals surface area contributed by atoms with Crippen molar-refractivity contribution >= 4 is 11.6 Å². The number of rotatable bonds is 8. The Labute approximate surface area is 144 Å². The van der Waals surface area contributed by atoms with Crippen molar-refractivity contribution in [3.63, 3.8) is 0 Å². The van der Waals surface area contributed by atoms with Crippen molar-refractivity contribution in [2.75, 3.05) is 31.9 Å². The van der Waals surface area contributed by atoms with Crippen LogP contribution in [0.2, 0.25) is 0 Å². The highest BCUT2D eigenvalue weighted by Gasteiger charge is 2.17. The van der Waals surface area contributed by atoms with E-state index < -0.39 is 0 Å². The van der Waals surface area contributed by atoms with E-state index in [0.29, 0.717) is 24.3 Å². The Morgan fingerprint density at radius 2 is 1.67 bits per heavy atom. The van der Waals surface area contributed by atoms with Gasteiger partial charge in [0, 0.05) is 30.9 Å². The summed E-state index contributed by atoms with van der Waals surface area (Å²) in [7, 11) is 0. The van der Waals surface area contributed by atoms with Crippen LogP contribution in [0.4, 0.5) is 5.69 Å². The average molecular weight is 325 g/mol. The van der Waals surface area contributed by atoms with Gasteiger partial charge < -0.3 is 15.5 Å². The first kappa shape index (κ1) is 18.0. The number of carbonyl (C=O) groups is 1. The van der Waals surface area contributed by atoms with Crippen LogP contribution in [0, 0.1) is 0 Å². The number of nitrogens with zero attached hydrogens (tertiary/aromatic N) is 2. The largest absolute Gasteiger partial charge is 0.399 e. The standard InChI is InChI=1S/C20H27N3O/c1-3-22(4-2)13-14-23(16-17-9-6-5-7-10-17)20(24)18-11-8-12-19(21)15-18/h5-12,15H,3-4,13-14,16,21H2,1-2H3. The van der Waals surface area contributed by atoms with Gasteiger partial charge in [0.2, 0.25) is 0 Å². The second-order valence-electron chi connectivity index (χ2n) is 5.86. The Bertz CT molecular complexity index is 638. The third-order valence-corrected chi connectivity index (χ3v) is 4.22. The third kappa shape index (κ3) is 5.10. The molecule has 2 rings (SSSR count). The van der Waals surface area contributed by atoms with Crippen LogP contribution in [0.5, 0.6) is 0 Å². The Morgan fingerprint density at radius 1 is 0.958 bits per heavy atom. The summed E-state index contributed by atoms with van der Waals surface area (Å²) in [4.78, 5) is 17.2. The molecule has 0 atom stereocenters. The molecule has 0 spiro atoms. The monoisotopic (exact) mass is 325 g/mol. The Hall–Kier alpha value is -2.33. The molecule has 2 aromatic rings. The summed E-state index contributed by atoms with van der Waals surface area (Å²) >= 11 is 0. The lowest BCUT2D eigenvalue weighted by atomic mass is 10.1. The molecule has 0 saturated heterocycles. The number of nitrogens with two attached hydrogens (primary N) is 1. The SMILES string of the molecule is CCN(CC)CCN(Cc1ccccc1)C(=O)c1cccc(N)c1. The molecule has 128 valence electrons. The number of likely N-dealkylation sites (N-methyl/N-ethyl adjacent to an activating group) is 1. The number of amides is 1. The predicted octanol–water partition coefficient (Wildman–Crippen LogP) is 3.25. The van der Waals surface area contributed by atoms with Crippen molar-refractivity contribution in [1.29, 1.82) is 0 Å². The normalized spacial score (nSPS) is 10.8. The van der Waals surface area contributed by atoms with E-state index >= 15 is 0 Å². The summed E-state index contributed by atoms with van der Waals surface area (Å²) in [6, 6.07) is 17.3. The fourth-order valence-corrected chi connectivity index (χ4v) is 2.71. The Kier molecular flexibility index (Phi) is 6.82. The second-order valence-corrected chi connectivity index (χ2v) is 5.86. The fraction of sp³-hybridized carbons (Fsp3) is 0.350. The lowest BCUT2D eigenvalue weighted by Crippen LogP contribution is -2.38. The fourth-order valence-electron chi connectivity index (χ4n) is 2.71. The molecule has 0 aliphatic carbocycles. The van der Waals surface area contributed by atoms with Crippen LogP contribution in [-0.4, -0.2) is 41.9 Å². The van der Waals surface area contributed by atoms with Crippen LogP contribution >= 0.6 is 0 Å². The number of carbonyl (C=O) groups excluding carboxylic acids is 1. The van der Waals surface area contributed by atoms with Crippen LogP contribution in [-0.2, 0) is 6.54 Å². The first-order valence-electron chi connectivity index (χ1n) is 8.55. The molecule has 0 aliphatic heterocycles. The summed E-state index contributed by atoms with van der Waals surface area (Å²) in [6.45, 7) is 8.44. The summed E-state index contributed by atoms with van der Waals surface area (Å²) < 4.78 is 0. The van der Waals surface area contributed by atoms with Gasteiger partial charge in [-0.3, -0.25) is 4.79 Å². The maximum Gasteiger partial charge on any atom is 0.254 e. The van der Waals surface area contributed by atoms with Crippen molar-refractivity contribution in [3.05, 3.63) is 65.7 Å². The van der Waals surface area contributed by atoms with Crippen molar-refractivity contribution in [1.82, 2.24) is 9.80 Å². The minimum atomic E-state index is 0.0262. The van der Waals surface area contributed by atoms with Crippen LogP contribution < -0.4 is 5.73 Å². The summed E-state index contributed by atoms with van der Waals surface area (Å²) in [6.07, 6.45) is 0. The summed E-state index contributed by atoms with van der Waals surface area (Å²) in [5.74, 6) is 0.0262. The molecule has 0 heterocycles. The van der Waals surface area contributed by atoms with Crippen LogP contribution in [0.1, 0.15) is 29.8 Å². The van der Waals surface area contributed by atoms with Crippen molar-refractivity contribution in [3.8, 4) is 0 Å². The minimum Gasteiger partial charge on any atom is -0.399 e. The molecule has 4 heteroatoms. The topological polar surface area (TPSA) is 49.6 Å². The maximum absolute atomic E-state index is 12.9. The molecule has 4 nitrogen and oxygen atoms in total. The molecule has 1 amide bonds. The Balaban J connectivity index is 2.16. The zero-order valence-corrected chi connectivity index (χ0v) is 14.6. The van der Waals surface area contributed by atoms with Gasteiger partial charge in [-0.2, -0.15) is 0 Å². The van der Waals surface area contributed by atoms with Gasteiger partial charge in [0.15, 0.2) is 0 Å². The van der Waals surface area contributed by atoms with Crippen LogP contribution in [0.3, 0.4) is 0 Å². The predicted molar refractivity (Wildman–Crippen MR) is 99.8 cm³/mol. The first-order chi connectivity index (χ1) is 11.6. The molecule has 2 N–H and O–H groups in total. The van der Waals surface area contributed by atoms with Crippen molar-refractivity contribution in [2.45, 2.75) is 20.4 Å². The molecule has 0 bridgehead atoms. The summed E-state index contributed by atoms with van der Waals surface area (Å²) in [5, 5.41) is 0. The highest BCUT2D eigenvalue weighted by Crippen LogP contribution is 2.13. The van der Waals surface area contributed by atoms with Crippen molar-refractivity contribution in [2.24, 2.45) is 0 Å². The summed E-state index contributed by atoms with van der Waals surface area (Å²) in [5.41, 5.74) is 8.23. The number of benzene rings is 2. The molecule has 2 aromatic carbocycles. The zero-order valence-electron chi connectivity index (χ0n) is 14.6. The number of hydrogen-bond donors (Lipinski definition) is 1. The van der Waals surface area contributed by atoms with E-state index in [1.165, 1.54) is 0 Å². The van der Waals surface area contributed by atoms with Gasteiger partial charge in [-0.25, -0.2) is 0 Å². The molecule has 24 heavy (non-hydrogen) atoms. The molecule has 0 radical (unpaired) electrons. The van der Waals surface area contributed by atoms with Gasteiger partial charge >= 0.3 is 0 Å². The molecule has 0 aromatic heterocycles. The van der Waals surface area contributed by atoms with E-state index in [1.807, 2.05) is 35.2 Å². The first-order valence-corrected chi connectivity index (χ1v) is 8.55. The van der Waals surface area contributed by atoms with E-state index in [1.54, 1.807) is 12.1 Å². The van der Waals surface area contributed by atoms with E-state index in [-0.39, 0.29) is 5.91 Å². The molecule has 0 aliphatic rings. The third-order valence-electron chi connectivity index (χ3n) is 4.22. The minimum absolute atomic E-state index is 0.0262. The number of nitrogen functional groups attached to an aromatic ring is 1. The molecule has 0 fully saturated rings. The Morgan fingerprint density at radius 3 is 2.29 bits per heavy atom. The molecular formula is C20H27N3O. The molecule has 0 saturated carbocycles. The smallest absolute Gasteiger partial charge is 0.254 e.